The number of piperazine rings is 1. The van der Waals surface area contributed by atoms with Gasteiger partial charge in [-0.1, -0.05) is 23.7 Å². The number of rotatable bonds is 4. The van der Waals surface area contributed by atoms with Gasteiger partial charge in [0.2, 0.25) is 5.69 Å². The quantitative estimate of drug-likeness (QED) is 0.617. The van der Waals surface area contributed by atoms with Gasteiger partial charge in [0, 0.05) is 43.8 Å². The maximum Gasteiger partial charge on any atom is 0.305 e. The van der Waals surface area contributed by atoms with Crippen LogP contribution in [0.5, 0.6) is 0 Å². The summed E-state index contributed by atoms with van der Waals surface area (Å²) in [6.07, 6.45) is 0. The van der Waals surface area contributed by atoms with E-state index in [4.69, 9.17) is 16.9 Å². The molecule has 0 aliphatic carbocycles. The van der Waals surface area contributed by atoms with Crippen LogP contribution in [0, 0.1) is 21.4 Å². The van der Waals surface area contributed by atoms with Gasteiger partial charge in [-0.2, -0.15) is 5.26 Å². The molecule has 1 fully saturated rings. The molecule has 8 heteroatoms. The zero-order chi connectivity index (χ0) is 17.8. The molecule has 0 radical (unpaired) electrons. The van der Waals surface area contributed by atoms with E-state index >= 15 is 0 Å². The molecule has 7 nitrogen and oxygen atoms in total. The van der Waals surface area contributed by atoms with E-state index in [2.05, 4.69) is 9.88 Å². The minimum absolute atomic E-state index is 0.147. The molecule has 0 N–H and O–H groups in total. The lowest BCUT2D eigenvalue weighted by atomic mass is 10.2. The molecule has 2 heterocycles. The van der Waals surface area contributed by atoms with Crippen LogP contribution in [0.15, 0.2) is 36.4 Å². The molecule has 0 amide bonds. The molecule has 25 heavy (non-hydrogen) atoms. The predicted molar refractivity (Wildman–Crippen MR) is 94.5 cm³/mol. The second kappa shape index (κ2) is 7.47. The summed E-state index contributed by atoms with van der Waals surface area (Å²) in [4.78, 5) is 18.8. The Morgan fingerprint density at radius 2 is 1.84 bits per heavy atom. The summed E-state index contributed by atoms with van der Waals surface area (Å²) in [6, 6.07) is 12.6. The first kappa shape index (κ1) is 17.1. The van der Waals surface area contributed by atoms with Crippen molar-refractivity contribution in [3.8, 4) is 6.07 Å². The third kappa shape index (κ3) is 4.05. The molecule has 1 aliphatic heterocycles. The number of pyridine rings is 1. The van der Waals surface area contributed by atoms with Gasteiger partial charge in [0.05, 0.1) is 4.92 Å². The number of hydrogen-bond donors (Lipinski definition) is 0. The number of benzene rings is 1. The normalized spacial score (nSPS) is 15.0. The Balaban J connectivity index is 1.63. The highest BCUT2D eigenvalue weighted by atomic mass is 35.5. The smallest absolute Gasteiger partial charge is 0.305 e. The Kier molecular flexibility index (Phi) is 5.12. The molecule has 1 aromatic heterocycles. The van der Waals surface area contributed by atoms with E-state index in [-0.39, 0.29) is 11.4 Å². The number of hydrogen-bond acceptors (Lipinski definition) is 6. The van der Waals surface area contributed by atoms with Crippen molar-refractivity contribution in [2.75, 3.05) is 31.1 Å². The Morgan fingerprint density at radius 3 is 2.44 bits per heavy atom. The largest absolute Gasteiger partial charge is 0.354 e. The van der Waals surface area contributed by atoms with Crippen LogP contribution in [-0.2, 0) is 6.54 Å². The first-order chi connectivity index (χ1) is 12.1. The van der Waals surface area contributed by atoms with Gasteiger partial charge in [0.1, 0.15) is 11.9 Å². The first-order valence-corrected chi connectivity index (χ1v) is 8.22. The molecular weight excluding hydrogens is 342 g/mol. The number of halogens is 1. The first-order valence-electron chi connectivity index (χ1n) is 7.84. The van der Waals surface area contributed by atoms with Crippen LogP contribution >= 0.6 is 11.6 Å². The molecule has 1 saturated heterocycles. The minimum Gasteiger partial charge on any atom is -0.354 e. The number of nitro groups is 1. The Labute approximate surface area is 150 Å². The van der Waals surface area contributed by atoms with Gasteiger partial charge in [-0.3, -0.25) is 15.0 Å². The zero-order valence-corrected chi connectivity index (χ0v) is 14.2. The number of aromatic nitrogens is 1. The SMILES string of the molecule is N#Cc1nc(N2CCN(Cc3ccc(Cl)cc3)CC2)ccc1[N+](=O)[O-]. The van der Waals surface area contributed by atoms with Crippen LogP contribution in [0.1, 0.15) is 11.3 Å². The van der Waals surface area contributed by atoms with E-state index in [9.17, 15) is 10.1 Å². The molecule has 3 rings (SSSR count). The predicted octanol–water partition coefficient (Wildman–Crippen LogP) is 2.84. The van der Waals surface area contributed by atoms with E-state index < -0.39 is 4.92 Å². The summed E-state index contributed by atoms with van der Waals surface area (Å²) < 4.78 is 0. The Bertz CT molecular complexity index is 811. The molecule has 1 aliphatic rings. The second-order valence-electron chi connectivity index (χ2n) is 5.80. The van der Waals surface area contributed by atoms with E-state index in [1.165, 1.54) is 11.6 Å². The van der Waals surface area contributed by atoms with Crippen molar-refractivity contribution < 1.29 is 4.92 Å². The van der Waals surface area contributed by atoms with Crippen molar-refractivity contribution >= 4 is 23.1 Å². The molecule has 1 aromatic carbocycles. The van der Waals surface area contributed by atoms with Crippen LogP contribution in [0.3, 0.4) is 0 Å². The summed E-state index contributed by atoms with van der Waals surface area (Å²) in [5, 5.41) is 20.7. The van der Waals surface area contributed by atoms with Gasteiger partial charge in [-0.05, 0) is 23.8 Å². The number of anilines is 1. The highest BCUT2D eigenvalue weighted by Gasteiger charge is 2.21. The number of nitrogens with zero attached hydrogens (tertiary/aromatic N) is 5. The molecule has 0 saturated carbocycles. The molecule has 0 bridgehead atoms. The van der Waals surface area contributed by atoms with Gasteiger partial charge < -0.3 is 4.90 Å². The molecule has 0 spiro atoms. The molecule has 128 valence electrons. The lowest BCUT2D eigenvalue weighted by Gasteiger charge is -2.35. The number of nitriles is 1. The topological polar surface area (TPSA) is 86.3 Å². The Morgan fingerprint density at radius 1 is 1.16 bits per heavy atom. The molecule has 0 unspecified atom stereocenters. The van der Waals surface area contributed by atoms with E-state index in [1.807, 2.05) is 29.2 Å². The highest BCUT2D eigenvalue weighted by molar-refractivity contribution is 6.30. The van der Waals surface area contributed by atoms with E-state index in [0.29, 0.717) is 5.82 Å². The van der Waals surface area contributed by atoms with Crippen molar-refractivity contribution in [3.63, 3.8) is 0 Å². The van der Waals surface area contributed by atoms with Crippen LogP contribution in [0.25, 0.3) is 0 Å². The van der Waals surface area contributed by atoms with Crippen molar-refractivity contribution in [3.05, 3.63) is 62.8 Å². The second-order valence-corrected chi connectivity index (χ2v) is 6.23. The average Bonchev–Trinajstić information content (AvgIpc) is 2.63. The summed E-state index contributed by atoms with van der Waals surface area (Å²) in [7, 11) is 0. The maximum atomic E-state index is 10.9. The fraction of sp³-hybridized carbons (Fsp3) is 0.294. The lowest BCUT2D eigenvalue weighted by molar-refractivity contribution is -0.385. The summed E-state index contributed by atoms with van der Waals surface area (Å²) in [5.74, 6) is 0.605. The van der Waals surface area contributed by atoms with Crippen molar-refractivity contribution in [1.82, 2.24) is 9.88 Å². The zero-order valence-electron chi connectivity index (χ0n) is 13.4. The van der Waals surface area contributed by atoms with Crippen LogP contribution in [-0.4, -0.2) is 41.0 Å². The van der Waals surface area contributed by atoms with Gasteiger partial charge in [0.25, 0.3) is 0 Å². The third-order valence-corrected chi connectivity index (χ3v) is 4.43. The highest BCUT2D eigenvalue weighted by Crippen LogP contribution is 2.22. The molecule has 0 atom stereocenters. The standard InChI is InChI=1S/C17H16ClN5O2/c18-14-3-1-13(2-4-14)12-21-7-9-22(10-8-21)17-6-5-16(23(24)25)15(11-19)20-17/h1-6H,7-10,12H2. The average molecular weight is 358 g/mol. The lowest BCUT2D eigenvalue weighted by Crippen LogP contribution is -2.46. The summed E-state index contributed by atoms with van der Waals surface area (Å²) in [6.45, 7) is 4.06. The van der Waals surface area contributed by atoms with Crippen molar-refractivity contribution in [1.29, 1.82) is 5.26 Å². The van der Waals surface area contributed by atoms with Gasteiger partial charge >= 0.3 is 5.69 Å². The van der Waals surface area contributed by atoms with Crippen LogP contribution in [0.2, 0.25) is 5.02 Å². The Hall–Kier alpha value is -2.69. The van der Waals surface area contributed by atoms with Gasteiger partial charge in [-0.15, -0.1) is 0 Å². The van der Waals surface area contributed by atoms with Gasteiger partial charge in [0.15, 0.2) is 0 Å². The van der Waals surface area contributed by atoms with Crippen LogP contribution < -0.4 is 4.90 Å². The molecule has 2 aromatic rings. The van der Waals surface area contributed by atoms with E-state index in [1.54, 1.807) is 12.1 Å². The monoisotopic (exact) mass is 357 g/mol. The molecular formula is C17H16ClN5O2. The fourth-order valence-electron chi connectivity index (χ4n) is 2.83. The maximum absolute atomic E-state index is 10.9. The van der Waals surface area contributed by atoms with Crippen LogP contribution in [0.4, 0.5) is 11.5 Å². The fourth-order valence-corrected chi connectivity index (χ4v) is 2.96. The van der Waals surface area contributed by atoms with E-state index in [0.717, 1.165) is 37.7 Å². The van der Waals surface area contributed by atoms with Crippen molar-refractivity contribution in [2.45, 2.75) is 6.54 Å². The summed E-state index contributed by atoms with van der Waals surface area (Å²) in [5.41, 5.74) is 0.803. The third-order valence-electron chi connectivity index (χ3n) is 4.18. The van der Waals surface area contributed by atoms with Crippen molar-refractivity contribution in [2.24, 2.45) is 0 Å². The minimum atomic E-state index is -0.584. The van der Waals surface area contributed by atoms with Gasteiger partial charge in [-0.25, -0.2) is 4.98 Å². The summed E-state index contributed by atoms with van der Waals surface area (Å²) >= 11 is 5.90.